The Labute approximate surface area is 113 Å². The molecule has 0 aliphatic carbocycles. The summed E-state index contributed by atoms with van der Waals surface area (Å²) in [6, 6.07) is 3.48. The fourth-order valence-corrected chi connectivity index (χ4v) is 1.80. The average Bonchev–Trinajstić information content (AvgIpc) is 2.82. The van der Waals surface area contributed by atoms with Gasteiger partial charge in [0.05, 0.1) is 19.2 Å². The number of halogens is 1. The summed E-state index contributed by atoms with van der Waals surface area (Å²) in [5.41, 5.74) is 0.685. The SMILES string of the molecule is COc1ccc(/C=C/c2n[nH]c(=O)o2)c(Cl)c1OC. The number of ether oxygens (including phenoxy) is 2. The quantitative estimate of drug-likeness (QED) is 0.930. The van der Waals surface area contributed by atoms with Gasteiger partial charge >= 0.3 is 5.76 Å². The fourth-order valence-electron chi connectivity index (χ4n) is 1.51. The predicted octanol–water partition coefficient (Wildman–Crippen LogP) is 2.20. The molecule has 1 aromatic carbocycles. The number of benzene rings is 1. The van der Waals surface area contributed by atoms with Crippen LogP contribution in [0.25, 0.3) is 12.2 Å². The number of hydrogen-bond donors (Lipinski definition) is 1. The van der Waals surface area contributed by atoms with Crippen molar-refractivity contribution in [3.63, 3.8) is 0 Å². The molecule has 2 aromatic rings. The van der Waals surface area contributed by atoms with Gasteiger partial charge in [-0.25, -0.2) is 9.89 Å². The summed E-state index contributed by atoms with van der Waals surface area (Å²) in [6.45, 7) is 0. The van der Waals surface area contributed by atoms with Crippen molar-refractivity contribution in [1.82, 2.24) is 10.2 Å². The summed E-state index contributed by atoms with van der Waals surface area (Å²) in [5.74, 6) is 0.527. The summed E-state index contributed by atoms with van der Waals surface area (Å²) >= 11 is 6.19. The summed E-state index contributed by atoms with van der Waals surface area (Å²) in [5, 5.41) is 6.21. The third kappa shape index (κ3) is 2.79. The van der Waals surface area contributed by atoms with E-state index >= 15 is 0 Å². The molecular weight excluding hydrogens is 272 g/mol. The number of aromatic amines is 1. The second kappa shape index (κ2) is 5.62. The molecule has 0 bridgehead atoms. The summed E-state index contributed by atoms with van der Waals surface area (Å²) in [4.78, 5) is 10.8. The van der Waals surface area contributed by atoms with Crippen LogP contribution in [-0.4, -0.2) is 24.4 Å². The zero-order valence-electron chi connectivity index (χ0n) is 10.3. The molecule has 2 rings (SSSR count). The van der Waals surface area contributed by atoms with E-state index in [1.54, 1.807) is 18.2 Å². The van der Waals surface area contributed by atoms with Crippen LogP contribution in [0.4, 0.5) is 0 Å². The normalized spacial score (nSPS) is 10.9. The van der Waals surface area contributed by atoms with Gasteiger partial charge in [-0.05, 0) is 23.8 Å². The lowest BCUT2D eigenvalue weighted by molar-refractivity contribution is 0.355. The fraction of sp³-hybridized carbons (Fsp3) is 0.167. The van der Waals surface area contributed by atoms with E-state index in [0.717, 1.165) is 0 Å². The first kappa shape index (κ1) is 13.2. The van der Waals surface area contributed by atoms with Gasteiger partial charge in [0.15, 0.2) is 11.5 Å². The van der Waals surface area contributed by atoms with E-state index in [9.17, 15) is 4.79 Å². The Balaban J connectivity index is 2.35. The number of methoxy groups -OCH3 is 2. The van der Waals surface area contributed by atoms with Crippen molar-refractivity contribution >= 4 is 23.8 Å². The maximum Gasteiger partial charge on any atom is 0.434 e. The van der Waals surface area contributed by atoms with Crippen LogP contribution in [0.3, 0.4) is 0 Å². The first-order valence-corrected chi connectivity index (χ1v) is 5.67. The Hall–Kier alpha value is -2.21. The molecule has 7 heteroatoms. The second-order valence-corrected chi connectivity index (χ2v) is 3.87. The molecule has 1 heterocycles. The number of hydrogen-bond acceptors (Lipinski definition) is 5. The smallest absolute Gasteiger partial charge is 0.434 e. The maximum absolute atomic E-state index is 10.8. The van der Waals surface area contributed by atoms with Crippen LogP contribution in [-0.2, 0) is 0 Å². The topological polar surface area (TPSA) is 77.4 Å². The highest BCUT2D eigenvalue weighted by Crippen LogP contribution is 2.37. The number of nitrogens with one attached hydrogen (secondary N) is 1. The highest BCUT2D eigenvalue weighted by Gasteiger charge is 2.11. The van der Waals surface area contributed by atoms with Gasteiger partial charge in [-0.2, -0.15) is 0 Å². The van der Waals surface area contributed by atoms with E-state index in [1.807, 2.05) is 0 Å². The molecule has 0 amide bonds. The summed E-state index contributed by atoms with van der Waals surface area (Å²) < 4.78 is 15.0. The van der Waals surface area contributed by atoms with Gasteiger partial charge in [-0.1, -0.05) is 11.6 Å². The van der Waals surface area contributed by atoms with E-state index in [2.05, 4.69) is 10.2 Å². The van der Waals surface area contributed by atoms with Crippen LogP contribution in [0, 0.1) is 0 Å². The van der Waals surface area contributed by atoms with Crippen molar-refractivity contribution in [3.05, 3.63) is 39.2 Å². The van der Waals surface area contributed by atoms with E-state index in [0.29, 0.717) is 22.1 Å². The zero-order chi connectivity index (χ0) is 13.8. The third-order valence-corrected chi connectivity index (χ3v) is 2.76. The number of rotatable bonds is 4. The zero-order valence-corrected chi connectivity index (χ0v) is 11.0. The number of nitrogens with zero attached hydrogens (tertiary/aromatic N) is 1. The van der Waals surface area contributed by atoms with Gasteiger partial charge < -0.3 is 13.9 Å². The van der Waals surface area contributed by atoms with Gasteiger partial charge in [0.25, 0.3) is 0 Å². The van der Waals surface area contributed by atoms with E-state index in [4.69, 9.17) is 25.5 Å². The number of aromatic nitrogens is 2. The van der Waals surface area contributed by atoms with Gasteiger partial charge in [-0.3, -0.25) is 0 Å². The Morgan fingerprint density at radius 2 is 2.11 bits per heavy atom. The standard InChI is InChI=1S/C12H11ClN2O4/c1-17-8-5-3-7(10(13)11(8)18-2)4-6-9-14-15-12(16)19-9/h3-6H,1-2H3,(H,15,16)/b6-4+. The van der Waals surface area contributed by atoms with Crippen LogP contribution in [0.15, 0.2) is 21.3 Å². The van der Waals surface area contributed by atoms with Crippen LogP contribution in [0.1, 0.15) is 11.5 Å². The van der Waals surface area contributed by atoms with Gasteiger partial charge in [0, 0.05) is 6.08 Å². The molecule has 0 spiro atoms. The van der Waals surface area contributed by atoms with Crippen LogP contribution >= 0.6 is 11.6 Å². The molecule has 0 saturated carbocycles. The Morgan fingerprint density at radius 3 is 2.68 bits per heavy atom. The Bertz CT molecular complexity index is 660. The van der Waals surface area contributed by atoms with Crippen molar-refractivity contribution in [3.8, 4) is 11.5 Å². The molecule has 0 aliphatic rings. The highest BCUT2D eigenvalue weighted by molar-refractivity contribution is 6.33. The molecule has 0 saturated heterocycles. The van der Waals surface area contributed by atoms with Gasteiger partial charge in [0.1, 0.15) is 0 Å². The van der Waals surface area contributed by atoms with Crippen molar-refractivity contribution in [2.75, 3.05) is 14.2 Å². The Kier molecular flexibility index (Phi) is 3.91. The van der Waals surface area contributed by atoms with E-state index in [-0.39, 0.29) is 5.89 Å². The van der Waals surface area contributed by atoms with Crippen molar-refractivity contribution in [2.24, 2.45) is 0 Å². The van der Waals surface area contributed by atoms with Crippen molar-refractivity contribution < 1.29 is 13.9 Å². The van der Waals surface area contributed by atoms with Gasteiger partial charge in [-0.15, -0.1) is 5.10 Å². The molecule has 0 radical (unpaired) electrons. The molecule has 19 heavy (non-hydrogen) atoms. The van der Waals surface area contributed by atoms with Crippen LogP contribution < -0.4 is 15.2 Å². The lowest BCUT2D eigenvalue weighted by Gasteiger charge is -2.10. The molecule has 0 unspecified atom stereocenters. The van der Waals surface area contributed by atoms with E-state index in [1.165, 1.54) is 20.3 Å². The monoisotopic (exact) mass is 282 g/mol. The molecule has 0 fully saturated rings. The molecule has 1 aromatic heterocycles. The van der Waals surface area contributed by atoms with E-state index < -0.39 is 5.76 Å². The summed E-state index contributed by atoms with van der Waals surface area (Å²) in [6.07, 6.45) is 3.18. The first-order valence-electron chi connectivity index (χ1n) is 5.29. The van der Waals surface area contributed by atoms with Crippen molar-refractivity contribution in [1.29, 1.82) is 0 Å². The highest BCUT2D eigenvalue weighted by atomic mass is 35.5. The maximum atomic E-state index is 10.8. The number of H-pyrrole nitrogens is 1. The average molecular weight is 283 g/mol. The minimum Gasteiger partial charge on any atom is -0.493 e. The van der Waals surface area contributed by atoms with Crippen LogP contribution in [0.2, 0.25) is 5.02 Å². The van der Waals surface area contributed by atoms with Crippen LogP contribution in [0.5, 0.6) is 11.5 Å². The largest absolute Gasteiger partial charge is 0.493 e. The Morgan fingerprint density at radius 1 is 1.32 bits per heavy atom. The minimum atomic E-state index is -0.613. The van der Waals surface area contributed by atoms with Gasteiger partial charge in [0.2, 0.25) is 5.89 Å². The molecule has 1 N–H and O–H groups in total. The molecular formula is C12H11ClN2O4. The third-order valence-electron chi connectivity index (χ3n) is 2.38. The van der Waals surface area contributed by atoms with Crippen molar-refractivity contribution in [2.45, 2.75) is 0 Å². The molecule has 6 nitrogen and oxygen atoms in total. The predicted molar refractivity (Wildman–Crippen MR) is 70.6 cm³/mol. The summed E-state index contributed by atoms with van der Waals surface area (Å²) in [7, 11) is 3.03. The first-order chi connectivity index (χ1) is 9.15. The second-order valence-electron chi connectivity index (χ2n) is 3.49. The molecule has 0 aliphatic heterocycles. The lowest BCUT2D eigenvalue weighted by Crippen LogP contribution is -1.93. The molecule has 100 valence electrons. The lowest BCUT2D eigenvalue weighted by atomic mass is 10.2. The minimum absolute atomic E-state index is 0.163. The molecule has 0 atom stereocenters.